The van der Waals surface area contributed by atoms with Gasteiger partial charge in [0.1, 0.15) is 0 Å². The minimum absolute atomic E-state index is 0.0204. The first-order valence-electron chi connectivity index (χ1n) is 5.91. The standard InChI is InChI=1S/C11H19BrN2O/c1-2-8(12)11(15)13-9-5-7-14-6-3-4-10(9)14/h8-10H,2-7H2,1H3,(H,13,15). The fourth-order valence-electron chi connectivity index (χ4n) is 2.71. The monoisotopic (exact) mass is 274 g/mol. The molecule has 2 rings (SSSR count). The summed E-state index contributed by atoms with van der Waals surface area (Å²) in [5.41, 5.74) is 0. The zero-order valence-electron chi connectivity index (χ0n) is 9.21. The van der Waals surface area contributed by atoms with Crippen molar-refractivity contribution >= 4 is 21.8 Å². The van der Waals surface area contributed by atoms with Crippen LogP contribution in [0.5, 0.6) is 0 Å². The Balaban J connectivity index is 1.87. The molecule has 2 heterocycles. The van der Waals surface area contributed by atoms with E-state index in [0.29, 0.717) is 12.1 Å². The molecular formula is C11H19BrN2O. The highest BCUT2D eigenvalue weighted by Gasteiger charge is 2.38. The van der Waals surface area contributed by atoms with E-state index in [1.807, 2.05) is 6.92 Å². The van der Waals surface area contributed by atoms with E-state index in [1.54, 1.807) is 0 Å². The number of rotatable bonds is 3. The van der Waals surface area contributed by atoms with Crippen molar-refractivity contribution in [2.75, 3.05) is 13.1 Å². The molecule has 0 bridgehead atoms. The topological polar surface area (TPSA) is 32.3 Å². The summed E-state index contributed by atoms with van der Waals surface area (Å²) in [4.78, 5) is 14.2. The Labute approximate surface area is 99.7 Å². The lowest BCUT2D eigenvalue weighted by Crippen LogP contribution is -2.44. The lowest BCUT2D eigenvalue weighted by molar-refractivity contribution is -0.121. The van der Waals surface area contributed by atoms with Gasteiger partial charge in [0.2, 0.25) is 5.91 Å². The Kier molecular flexibility index (Phi) is 3.67. The van der Waals surface area contributed by atoms with Crippen molar-refractivity contribution in [1.82, 2.24) is 10.2 Å². The minimum Gasteiger partial charge on any atom is -0.351 e. The summed E-state index contributed by atoms with van der Waals surface area (Å²) < 4.78 is 0. The number of amides is 1. The molecule has 0 aromatic heterocycles. The van der Waals surface area contributed by atoms with Gasteiger partial charge in [0.05, 0.1) is 4.83 Å². The SMILES string of the molecule is CCC(Br)C(=O)NC1CCN2CCCC12. The first kappa shape index (κ1) is 11.4. The third-order valence-electron chi connectivity index (χ3n) is 3.58. The maximum absolute atomic E-state index is 11.7. The lowest BCUT2D eigenvalue weighted by Gasteiger charge is -2.22. The molecule has 0 aromatic rings. The predicted molar refractivity (Wildman–Crippen MR) is 64.1 cm³/mol. The molecule has 2 fully saturated rings. The average molecular weight is 275 g/mol. The van der Waals surface area contributed by atoms with Gasteiger partial charge in [-0.3, -0.25) is 9.69 Å². The van der Waals surface area contributed by atoms with Crippen molar-refractivity contribution in [2.45, 2.75) is 49.5 Å². The number of halogens is 1. The number of hydrogen-bond donors (Lipinski definition) is 1. The van der Waals surface area contributed by atoms with Gasteiger partial charge < -0.3 is 5.32 Å². The molecule has 1 N–H and O–H groups in total. The van der Waals surface area contributed by atoms with Gasteiger partial charge in [-0.25, -0.2) is 0 Å². The quantitative estimate of drug-likeness (QED) is 0.792. The van der Waals surface area contributed by atoms with Gasteiger partial charge in [-0.2, -0.15) is 0 Å². The molecule has 15 heavy (non-hydrogen) atoms. The molecule has 0 saturated carbocycles. The van der Waals surface area contributed by atoms with Crippen molar-refractivity contribution in [3.63, 3.8) is 0 Å². The smallest absolute Gasteiger partial charge is 0.234 e. The van der Waals surface area contributed by atoms with E-state index in [1.165, 1.54) is 19.4 Å². The van der Waals surface area contributed by atoms with Crippen LogP contribution >= 0.6 is 15.9 Å². The largest absolute Gasteiger partial charge is 0.351 e. The molecule has 2 aliphatic rings. The number of hydrogen-bond acceptors (Lipinski definition) is 2. The number of nitrogens with one attached hydrogen (secondary N) is 1. The van der Waals surface area contributed by atoms with Crippen LogP contribution in [0.1, 0.15) is 32.6 Å². The predicted octanol–water partition coefficient (Wildman–Crippen LogP) is 1.51. The highest BCUT2D eigenvalue weighted by Crippen LogP contribution is 2.28. The Morgan fingerprint density at radius 1 is 1.53 bits per heavy atom. The highest BCUT2D eigenvalue weighted by atomic mass is 79.9. The fraction of sp³-hybridized carbons (Fsp3) is 0.909. The molecule has 0 spiro atoms. The van der Waals surface area contributed by atoms with Crippen LogP contribution in [0, 0.1) is 0 Å². The highest BCUT2D eigenvalue weighted by molar-refractivity contribution is 9.10. The lowest BCUT2D eigenvalue weighted by atomic mass is 10.1. The van der Waals surface area contributed by atoms with E-state index in [4.69, 9.17) is 0 Å². The second kappa shape index (κ2) is 4.83. The molecule has 2 saturated heterocycles. The van der Waals surface area contributed by atoms with Crippen molar-refractivity contribution in [1.29, 1.82) is 0 Å². The number of nitrogens with zero attached hydrogens (tertiary/aromatic N) is 1. The summed E-state index contributed by atoms with van der Waals surface area (Å²) in [6.07, 6.45) is 4.53. The van der Waals surface area contributed by atoms with Gasteiger partial charge in [-0.05, 0) is 32.2 Å². The minimum atomic E-state index is -0.0204. The summed E-state index contributed by atoms with van der Waals surface area (Å²) in [6.45, 7) is 4.41. The number of fused-ring (bicyclic) bond motifs is 1. The molecule has 3 nitrogen and oxygen atoms in total. The zero-order chi connectivity index (χ0) is 10.8. The van der Waals surface area contributed by atoms with Crippen LogP contribution in [0.3, 0.4) is 0 Å². The number of carbonyl (C=O) groups excluding carboxylic acids is 1. The molecule has 86 valence electrons. The zero-order valence-corrected chi connectivity index (χ0v) is 10.8. The molecule has 0 radical (unpaired) electrons. The van der Waals surface area contributed by atoms with E-state index in [0.717, 1.165) is 19.4 Å². The van der Waals surface area contributed by atoms with Crippen molar-refractivity contribution in [3.05, 3.63) is 0 Å². The maximum atomic E-state index is 11.7. The average Bonchev–Trinajstić information content (AvgIpc) is 2.81. The van der Waals surface area contributed by atoms with E-state index >= 15 is 0 Å². The summed E-state index contributed by atoms with van der Waals surface area (Å²) in [5.74, 6) is 0.163. The second-order valence-electron chi connectivity index (χ2n) is 4.53. The van der Waals surface area contributed by atoms with Crippen molar-refractivity contribution in [2.24, 2.45) is 0 Å². The van der Waals surface area contributed by atoms with E-state index in [2.05, 4.69) is 26.1 Å². The summed E-state index contributed by atoms with van der Waals surface area (Å²) in [6, 6.07) is 1.01. The van der Waals surface area contributed by atoms with Gasteiger partial charge in [-0.1, -0.05) is 22.9 Å². The van der Waals surface area contributed by atoms with Gasteiger partial charge in [0.15, 0.2) is 0 Å². The summed E-state index contributed by atoms with van der Waals surface area (Å²) in [7, 11) is 0. The third-order valence-corrected chi connectivity index (χ3v) is 4.64. The van der Waals surface area contributed by atoms with Crippen molar-refractivity contribution < 1.29 is 4.79 Å². The van der Waals surface area contributed by atoms with Crippen LogP contribution in [0.25, 0.3) is 0 Å². The number of alkyl halides is 1. The summed E-state index contributed by atoms with van der Waals surface area (Å²) >= 11 is 3.40. The second-order valence-corrected chi connectivity index (χ2v) is 5.63. The van der Waals surface area contributed by atoms with Crippen molar-refractivity contribution in [3.8, 4) is 0 Å². The van der Waals surface area contributed by atoms with Crippen LogP contribution in [0.15, 0.2) is 0 Å². The fourth-order valence-corrected chi connectivity index (χ4v) is 2.84. The van der Waals surface area contributed by atoms with E-state index in [9.17, 15) is 4.79 Å². The molecule has 3 atom stereocenters. The number of carbonyl (C=O) groups is 1. The molecule has 3 unspecified atom stereocenters. The Bertz CT molecular complexity index is 247. The van der Waals surface area contributed by atoms with Crippen LogP contribution in [-0.2, 0) is 4.79 Å². The van der Waals surface area contributed by atoms with Crippen LogP contribution in [0.2, 0.25) is 0 Å². The third kappa shape index (κ3) is 2.36. The Hall–Kier alpha value is -0.0900. The van der Waals surface area contributed by atoms with Gasteiger partial charge >= 0.3 is 0 Å². The molecular weight excluding hydrogens is 256 g/mol. The van der Waals surface area contributed by atoms with E-state index < -0.39 is 0 Å². The van der Waals surface area contributed by atoms with Crippen LogP contribution in [-0.4, -0.2) is 40.8 Å². The van der Waals surface area contributed by atoms with E-state index in [-0.39, 0.29) is 10.7 Å². The first-order chi connectivity index (χ1) is 7.22. The molecule has 0 aliphatic carbocycles. The molecule has 4 heteroatoms. The van der Waals surface area contributed by atoms with Gasteiger partial charge in [-0.15, -0.1) is 0 Å². The molecule has 1 amide bonds. The molecule has 2 aliphatic heterocycles. The van der Waals surface area contributed by atoms with Crippen LogP contribution in [0.4, 0.5) is 0 Å². The Morgan fingerprint density at radius 3 is 3.07 bits per heavy atom. The normalized spacial score (nSPS) is 32.7. The van der Waals surface area contributed by atoms with Gasteiger partial charge in [0, 0.05) is 18.6 Å². The first-order valence-corrected chi connectivity index (χ1v) is 6.82. The maximum Gasteiger partial charge on any atom is 0.234 e. The Morgan fingerprint density at radius 2 is 2.33 bits per heavy atom. The van der Waals surface area contributed by atoms with Gasteiger partial charge in [0.25, 0.3) is 0 Å². The summed E-state index contributed by atoms with van der Waals surface area (Å²) in [5, 5.41) is 3.17. The molecule has 0 aromatic carbocycles. The van der Waals surface area contributed by atoms with Crippen LogP contribution < -0.4 is 5.32 Å².